The van der Waals surface area contributed by atoms with Crippen molar-refractivity contribution in [2.45, 2.75) is 19.4 Å². The second-order valence-electron chi connectivity index (χ2n) is 7.70. The van der Waals surface area contributed by atoms with Crippen LogP contribution in [0, 0.1) is 0 Å². The fraction of sp³-hybridized carbons (Fsp3) is 0.107. The number of hydrogen-bond acceptors (Lipinski definition) is 3. The van der Waals surface area contributed by atoms with Crippen LogP contribution in [0.3, 0.4) is 0 Å². The third-order valence-corrected chi connectivity index (χ3v) is 5.28. The third kappa shape index (κ3) is 4.36. The maximum absolute atomic E-state index is 6.04. The third-order valence-electron chi connectivity index (χ3n) is 5.28. The molecular weight excluding hydrogens is 382 g/mol. The van der Waals surface area contributed by atoms with Crippen LogP contribution in [0.2, 0.25) is 0 Å². The Hall–Kier alpha value is -3.85. The standard InChI is InChI=1S/C28H23NO2/c1-20-18-22-19-26(31-24-10-6-3-7-11-24)16-17-27(22)28(29-20)21-12-14-25(15-13-21)30-23-8-4-2-5-9-23/h2-17,19-20H,18H2,1H3. The van der Waals surface area contributed by atoms with Crippen LogP contribution in [0.25, 0.3) is 0 Å². The van der Waals surface area contributed by atoms with Gasteiger partial charge in [-0.3, -0.25) is 4.99 Å². The molecule has 0 amide bonds. The minimum absolute atomic E-state index is 0.217. The number of benzene rings is 4. The summed E-state index contributed by atoms with van der Waals surface area (Å²) in [5.41, 5.74) is 4.53. The molecule has 1 aliphatic rings. The first-order chi connectivity index (χ1) is 15.2. The van der Waals surface area contributed by atoms with E-state index in [0.29, 0.717) is 0 Å². The molecule has 0 bridgehead atoms. The van der Waals surface area contributed by atoms with Crippen molar-refractivity contribution in [2.75, 3.05) is 0 Å². The SMILES string of the molecule is CC1Cc2cc(Oc3ccccc3)ccc2C(c2ccc(Oc3ccccc3)cc2)=N1. The second kappa shape index (κ2) is 8.49. The fourth-order valence-electron chi connectivity index (χ4n) is 3.85. The monoisotopic (exact) mass is 405 g/mol. The minimum atomic E-state index is 0.217. The normalized spacial score (nSPS) is 15.0. The van der Waals surface area contributed by atoms with E-state index in [4.69, 9.17) is 14.5 Å². The van der Waals surface area contributed by atoms with Gasteiger partial charge >= 0.3 is 0 Å². The summed E-state index contributed by atoms with van der Waals surface area (Å²) in [5, 5.41) is 0. The van der Waals surface area contributed by atoms with Gasteiger partial charge in [0.2, 0.25) is 0 Å². The summed E-state index contributed by atoms with van der Waals surface area (Å²) >= 11 is 0. The van der Waals surface area contributed by atoms with Gasteiger partial charge in [-0.05, 0) is 85.6 Å². The van der Waals surface area contributed by atoms with Gasteiger partial charge in [-0.1, -0.05) is 36.4 Å². The van der Waals surface area contributed by atoms with Crippen molar-refractivity contribution in [1.82, 2.24) is 0 Å². The Morgan fingerprint density at radius 2 is 1.19 bits per heavy atom. The van der Waals surface area contributed by atoms with E-state index in [1.165, 1.54) is 5.56 Å². The molecule has 31 heavy (non-hydrogen) atoms. The van der Waals surface area contributed by atoms with E-state index in [1.807, 2.05) is 78.9 Å². The van der Waals surface area contributed by atoms with Crippen LogP contribution in [0.15, 0.2) is 108 Å². The van der Waals surface area contributed by atoms with Crippen LogP contribution >= 0.6 is 0 Å². The van der Waals surface area contributed by atoms with E-state index in [2.05, 4.69) is 31.2 Å². The van der Waals surface area contributed by atoms with Crippen molar-refractivity contribution < 1.29 is 9.47 Å². The highest BCUT2D eigenvalue weighted by Crippen LogP contribution is 2.30. The maximum Gasteiger partial charge on any atom is 0.127 e. The molecule has 1 unspecified atom stereocenters. The highest BCUT2D eigenvalue weighted by Gasteiger charge is 2.20. The summed E-state index contributed by atoms with van der Waals surface area (Å²) in [6.45, 7) is 2.15. The number of para-hydroxylation sites is 2. The second-order valence-corrected chi connectivity index (χ2v) is 7.70. The van der Waals surface area contributed by atoms with Crippen molar-refractivity contribution in [3.8, 4) is 23.0 Å². The zero-order valence-electron chi connectivity index (χ0n) is 17.4. The van der Waals surface area contributed by atoms with E-state index in [9.17, 15) is 0 Å². The van der Waals surface area contributed by atoms with Gasteiger partial charge in [0.15, 0.2) is 0 Å². The average molecular weight is 405 g/mol. The van der Waals surface area contributed by atoms with Crippen molar-refractivity contribution in [3.05, 3.63) is 120 Å². The summed E-state index contributed by atoms with van der Waals surface area (Å²) in [4.78, 5) is 4.96. The first kappa shape index (κ1) is 19.1. The van der Waals surface area contributed by atoms with Crippen molar-refractivity contribution in [1.29, 1.82) is 0 Å². The molecule has 4 aromatic rings. The van der Waals surface area contributed by atoms with Crippen LogP contribution in [0.5, 0.6) is 23.0 Å². The summed E-state index contributed by atoms with van der Waals surface area (Å²) in [7, 11) is 0. The van der Waals surface area contributed by atoms with Crippen LogP contribution in [-0.2, 0) is 6.42 Å². The van der Waals surface area contributed by atoms with Gasteiger partial charge in [0, 0.05) is 11.1 Å². The van der Waals surface area contributed by atoms with Crippen LogP contribution in [0.4, 0.5) is 0 Å². The van der Waals surface area contributed by atoms with Crippen molar-refractivity contribution in [3.63, 3.8) is 0 Å². The molecule has 152 valence electrons. The van der Waals surface area contributed by atoms with Gasteiger partial charge in [-0.15, -0.1) is 0 Å². The molecule has 0 aliphatic carbocycles. The van der Waals surface area contributed by atoms with E-state index >= 15 is 0 Å². The largest absolute Gasteiger partial charge is 0.457 e. The molecule has 1 aliphatic heterocycles. The number of hydrogen-bond donors (Lipinski definition) is 0. The average Bonchev–Trinajstić information content (AvgIpc) is 2.80. The molecule has 0 N–H and O–H groups in total. The number of fused-ring (bicyclic) bond motifs is 1. The lowest BCUT2D eigenvalue weighted by Gasteiger charge is -2.22. The van der Waals surface area contributed by atoms with E-state index in [-0.39, 0.29) is 6.04 Å². The molecule has 0 radical (unpaired) electrons. The topological polar surface area (TPSA) is 30.8 Å². The minimum Gasteiger partial charge on any atom is -0.457 e. The molecule has 1 heterocycles. The first-order valence-corrected chi connectivity index (χ1v) is 10.5. The Bertz CT molecular complexity index is 1200. The molecule has 3 nitrogen and oxygen atoms in total. The summed E-state index contributed by atoms with van der Waals surface area (Å²) < 4.78 is 12.0. The van der Waals surface area contributed by atoms with Gasteiger partial charge in [0.1, 0.15) is 23.0 Å². The summed E-state index contributed by atoms with van der Waals surface area (Å²) in [6, 6.07) is 34.3. The summed E-state index contributed by atoms with van der Waals surface area (Å²) in [5.74, 6) is 3.33. The fourth-order valence-corrected chi connectivity index (χ4v) is 3.85. The Labute approximate surface area is 182 Å². The predicted molar refractivity (Wildman–Crippen MR) is 125 cm³/mol. The van der Waals surface area contributed by atoms with Gasteiger partial charge in [0.05, 0.1) is 11.8 Å². The van der Waals surface area contributed by atoms with Gasteiger partial charge in [0.25, 0.3) is 0 Å². The number of ether oxygens (including phenoxy) is 2. The molecule has 1 atom stereocenters. The molecule has 0 aromatic heterocycles. The number of rotatable bonds is 5. The van der Waals surface area contributed by atoms with Crippen molar-refractivity contribution >= 4 is 5.71 Å². The Morgan fingerprint density at radius 3 is 1.84 bits per heavy atom. The van der Waals surface area contributed by atoms with Gasteiger partial charge < -0.3 is 9.47 Å². The smallest absolute Gasteiger partial charge is 0.127 e. The lowest BCUT2D eigenvalue weighted by molar-refractivity contribution is 0.481. The van der Waals surface area contributed by atoms with E-state index in [0.717, 1.165) is 46.3 Å². The highest BCUT2D eigenvalue weighted by atomic mass is 16.5. The Morgan fingerprint density at radius 1 is 0.645 bits per heavy atom. The van der Waals surface area contributed by atoms with E-state index in [1.54, 1.807) is 0 Å². The van der Waals surface area contributed by atoms with Crippen LogP contribution in [0.1, 0.15) is 23.6 Å². The number of nitrogens with zero attached hydrogens (tertiary/aromatic N) is 1. The van der Waals surface area contributed by atoms with Crippen LogP contribution in [-0.4, -0.2) is 11.8 Å². The van der Waals surface area contributed by atoms with E-state index < -0.39 is 0 Å². The maximum atomic E-state index is 6.04. The quantitative estimate of drug-likeness (QED) is 0.356. The zero-order chi connectivity index (χ0) is 21.0. The summed E-state index contributed by atoms with van der Waals surface area (Å²) in [6.07, 6.45) is 0.903. The zero-order valence-corrected chi connectivity index (χ0v) is 17.4. The highest BCUT2D eigenvalue weighted by molar-refractivity contribution is 6.14. The van der Waals surface area contributed by atoms with Gasteiger partial charge in [-0.2, -0.15) is 0 Å². The van der Waals surface area contributed by atoms with Gasteiger partial charge in [-0.25, -0.2) is 0 Å². The Kier molecular flexibility index (Phi) is 5.24. The lowest BCUT2D eigenvalue weighted by Crippen LogP contribution is -2.19. The first-order valence-electron chi connectivity index (χ1n) is 10.5. The molecule has 0 saturated carbocycles. The Balaban J connectivity index is 1.40. The molecule has 0 spiro atoms. The molecule has 0 fully saturated rings. The lowest BCUT2D eigenvalue weighted by atomic mass is 9.90. The molecule has 5 rings (SSSR count). The van der Waals surface area contributed by atoms with Crippen molar-refractivity contribution in [2.24, 2.45) is 4.99 Å². The number of aliphatic imine (C=N–C) groups is 1. The molecule has 0 saturated heterocycles. The molecular formula is C28H23NO2. The molecule has 4 aromatic carbocycles. The molecule has 3 heteroatoms. The van der Waals surface area contributed by atoms with Crippen LogP contribution < -0.4 is 9.47 Å². The predicted octanol–water partition coefficient (Wildman–Crippen LogP) is 7.05.